The van der Waals surface area contributed by atoms with Crippen molar-refractivity contribution in [2.75, 3.05) is 0 Å². The van der Waals surface area contributed by atoms with E-state index in [1.54, 1.807) is 6.07 Å². The van der Waals surface area contributed by atoms with Crippen molar-refractivity contribution in [1.82, 2.24) is 4.90 Å². The molecule has 102 valence electrons. The molecule has 0 spiro atoms. The Morgan fingerprint density at radius 3 is 2.58 bits per heavy atom. The molecule has 0 radical (unpaired) electrons. The van der Waals surface area contributed by atoms with Crippen LogP contribution >= 0.6 is 22.6 Å². The third-order valence-corrected chi connectivity index (χ3v) is 5.04. The predicted octanol–water partition coefficient (Wildman–Crippen LogP) is 2.56. The smallest absolute Gasteiger partial charge is 0.255 e. The summed E-state index contributed by atoms with van der Waals surface area (Å²) >= 11 is 2.06. The van der Waals surface area contributed by atoms with Gasteiger partial charge in [0.05, 0.1) is 11.7 Å². The predicted molar refractivity (Wildman–Crippen MR) is 77.3 cm³/mol. The van der Waals surface area contributed by atoms with E-state index >= 15 is 0 Å². The lowest BCUT2D eigenvalue weighted by Crippen LogP contribution is -2.48. The highest BCUT2D eigenvalue weighted by molar-refractivity contribution is 14.1. The summed E-state index contributed by atoms with van der Waals surface area (Å²) in [5, 5.41) is 9.76. The monoisotopic (exact) mass is 375 g/mol. The van der Waals surface area contributed by atoms with Crippen LogP contribution in [0, 0.1) is 9.39 Å². The lowest BCUT2D eigenvalue weighted by Gasteiger charge is -2.37. The Morgan fingerprint density at radius 2 is 1.95 bits per heavy atom. The molecule has 2 unspecified atom stereocenters. The molecule has 3 nitrogen and oxygen atoms in total. The lowest BCUT2D eigenvalue weighted by atomic mass is 9.98. The highest BCUT2D eigenvalue weighted by Crippen LogP contribution is 2.37. The van der Waals surface area contributed by atoms with Crippen LogP contribution in [-0.2, 0) is 0 Å². The highest BCUT2D eigenvalue weighted by atomic mass is 127. The summed E-state index contributed by atoms with van der Waals surface area (Å²) < 4.78 is 14.1. The molecule has 0 saturated carbocycles. The van der Waals surface area contributed by atoms with Gasteiger partial charge in [-0.2, -0.15) is 0 Å². The Morgan fingerprint density at radius 1 is 1.32 bits per heavy atom. The fraction of sp³-hybridized carbons (Fsp3) is 0.500. The number of aliphatic hydroxyl groups excluding tert-OH is 1. The molecule has 19 heavy (non-hydrogen) atoms. The fourth-order valence-corrected chi connectivity index (χ4v) is 3.85. The topological polar surface area (TPSA) is 40.5 Å². The van der Waals surface area contributed by atoms with Crippen LogP contribution in [-0.4, -0.2) is 34.1 Å². The lowest BCUT2D eigenvalue weighted by molar-refractivity contribution is 0.0286. The Balaban J connectivity index is 1.90. The molecule has 2 saturated heterocycles. The number of halogens is 2. The van der Waals surface area contributed by atoms with Gasteiger partial charge in [0.15, 0.2) is 0 Å². The second-order valence-electron chi connectivity index (χ2n) is 5.35. The molecule has 1 aromatic carbocycles. The summed E-state index contributed by atoms with van der Waals surface area (Å²) in [6.07, 6.45) is 2.88. The van der Waals surface area contributed by atoms with Crippen molar-refractivity contribution in [3.05, 3.63) is 33.1 Å². The van der Waals surface area contributed by atoms with Crippen molar-refractivity contribution in [1.29, 1.82) is 0 Å². The van der Waals surface area contributed by atoms with Gasteiger partial charge in [0.25, 0.3) is 5.91 Å². The van der Waals surface area contributed by atoms with Crippen LogP contribution in [0.4, 0.5) is 4.39 Å². The van der Waals surface area contributed by atoms with Crippen LogP contribution < -0.4 is 0 Å². The summed E-state index contributed by atoms with van der Waals surface area (Å²) in [7, 11) is 0. The Kier molecular flexibility index (Phi) is 3.51. The third kappa shape index (κ3) is 2.38. The zero-order chi connectivity index (χ0) is 13.6. The van der Waals surface area contributed by atoms with E-state index in [0.717, 1.165) is 16.4 Å². The van der Waals surface area contributed by atoms with E-state index in [-0.39, 0.29) is 29.9 Å². The van der Waals surface area contributed by atoms with Crippen LogP contribution in [0.15, 0.2) is 18.2 Å². The van der Waals surface area contributed by atoms with Gasteiger partial charge in [-0.15, -0.1) is 0 Å². The summed E-state index contributed by atoms with van der Waals surface area (Å²) in [6, 6.07) is 4.53. The largest absolute Gasteiger partial charge is 0.393 e. The molecule has 1 amide bonds. The third-order valence-electron chi connectivity index (χ3n) is 4.10. The van der Waals surface area contributed by atoms with Gasteiger partial charge in [0.1, 0.15) is 5.82 Å². The van der Waals surface area contributed by atoms with E-state index in [9.17, 15) is 14.3 Å². The normalized spacial score (nSPS) is 29.6. The Hall–Kier alpha value is -0.690. The molecule has 1 aromatic rings. The maximum absolute atomic E-state index is 13.3. The van der Waals surface area contributed by atoms with Crippen molar-refractivity contribution in [3.8, 4) is 0 Å². The second-order valence-corrected chi connectivity index (χ2v) is 6.51. The van der Waals surface area contributed by atoms with Gasteiger partial charge in [-0.1, -0.05) is 0 Å². The van der Waals surface area contributed by atoms with Crippen LogP contribution in [0.1, 0.15) is 36.0 Å². The number of benzene rings is 1. The maximum atomic E-state index is 13.3. The number of hydrogen-bond acceptors (Lipinski definition) is 2. The first-order valence-corrected chi connectivity index (χ1v) is 7.60. The first kappa shape index (κ1) is 13.3. The molecule has 0 aromatic heterocycles. The van der Waals surface area contributed by atoms with Crippen LogP contribution in [0.2, 0.25) is 0 Å². The second kappa shape index (κ2) is 5.01. The van der Waals surface area contributed by atoms with Crippen molar-refractivity contribution >= 4 is 28.5 Å². The van der Waals surface area contributed by atoms with Crippen molar-refractivity contribution < 1.29 is 14.3 Å². The molecule has 5 heteroatoms. The van der Waals surface area contributed by atoms with Gasteiger partial charge in [-0.25, -0.2) is 4.39 Å². The van der Waals surface area contributed by atoms with Gasteiger partial charge in [0.2, 0.25) is 0 Å². The molecular weight excluding hydrogens is 360 g/mol. The van der Waals surface area contributed by atoms with Crippen LogP contribution in [0.3, 0.4) is 0 Å². The van der Waals surface area contributed by atoms with Gasteiger partial charge >= 0.3 is 0 Å². The average Bonchev–Trinajstić information content (AvgIpc) is 2.64. The molecule has 2 bridgehead atoms. The van der Waals surface area contributed by atoms with Crippen molar-refractivity contribution in [2.45, 2.75) is 43.9 Å². The molecule has 2 aliphatic heterocycles. The van der Waals surface area contributed by atoms with Gasteiger partial charge in [-0.3, -0.25) is 4.79 Å². The Labute approximate surface area is 124 Å². The molecule has 2 fully saturated rings. The van der Waals surface area contributed by atoms with Crippen LogP contribution in [0.25, 0.3) is 0 Å². The molecule has 3 rings (SSSR count). The minimum atomic E-state index is -0.381. The zero-order valence-corrected chi connectivity index (χ0v) is 12.5. The number of hydrogen-bond donors (Lipinski definition) is 1. The minimum absolute atomic E-state index is 0.0942. The summed E-state index contributed by atoms with van der Waals surface area (Å²) in [5.74, 6) is -0.476. The summed E-state index contributed by atoms with van der Waals surface area (Å²) in [5.41, 5.74) is 0.439. The number of carbonyl (C=O) groups is 1. The number of fused-ring (bicyclic) bond motifs is 2. The highest BCUT2D eigenvalue weighted by Gasteiger charge is 2.43. The minimum Gasteiger partial charge on any atom is -0.393 e. The van der Waals surface area contributed by atoms with E-state index < -0.39 is 0 Å². The number of nitrogens with zero attached hydrogens (tertiary/aromatic N) is 1. The first-order chi connectivity index (χ1) is 9.06. The van der Waals surface area contributed by atoms with E-state index in [1.165, 1.54) is 12.1 Å². The van der Waals surface area contributed by atoms with E-state index in [4.69, 9.17) is 0 Å². The molecule has 0 aliphatic carbocycles. The van der Waals surface area contributed by atoms with E-state index in [2.05, 4.69) is 22.6 Å². The molecule has 2 heterocycles. The number of carbonyl (C=O) groups excluding carboxylic acids is 1. The van der Waals surface area contributed by atoms with Gasteiger partial charge in [0, 0.05) is 15.7 Å². The molecular formula is C14H15FINO2. The zero-order valence-electron chi connectivity index (χ0n) is 10.4. The summed E-state index contributed by atoms with van der Waals surface area (Å²) in [4.78, 5) is 14.5. The number of piperidine rings is 1. The summed E-state index contributed by atoms with van der Waals surface area (Å²) in [6.45, 7) is 0. The van der Waals surface area contributed by atoms with E-state index in [1.807, 2.05) is 4.90 Å². The maximum Gasteiger partial charge on any atom is 0.255 e. The van der Waals surface area contributed by atoms with Crippen molar-refractivity contribution in [2.24, 2.45) is 0 Å². The standard InChI is InChI=1S/C14H15FINO2/c15-8-1-4-13(16)12(5-8)14(19)17-9-2-3-10(17)7-11(18)6-9/h1,4-5,9-11,18H,2-3,6-7H2. The number of rotatable bonds is 1. The fourth-order valence-electron chi connectivity index (χ4n) is 3.28. The van der Waals surface area contributed by atoms with Gasteiger partial charge in [-0.05, 0) is 66.5 Å². The first-order valence-electron chi connectivity index (χ1n) is 6.52. The molecule has 1 N–H and O–H groups in total. The molecule has 2 aliphatic rings. The average molecular weight is 375 g/mol. The van der Waals surface area contributed by atoms with Gasteiger partial charge < -0.3 is 10.0 Å². The number of amides is 1. The van der Waals surface area contributed by atoms with E-state index in [0.29, 0.717) is 18.4 Å². The number of aliphatic hydroxyl groups is 1. The van der Waals surface area contributed by atoms with Crippen LogP contribution in [0.5, 0.6) is 0 Å². The Bertz CT molecular complexity index is 508. The SMILES string of the molecule is O=C(c1cc(F)ccc1I)N1C2CCC1CC(O)C2. The van der Waals surface area contributed by atoms with Crippen molar-refractivity contribution in [3.63, 3.8) is 0 Å². The quantitative estimate of drug-likeness (QED) is 0.767. The molecule has 2 atom stereocenters.